The zero-order valence-corrected chi connectivity index (χ0v) is 18.8. The highest BCUT2D eigenvalue weighted by molar-refractivity contribution is 5.96. The second kappa shape index (κ2) is 11.2. The summed E-state index contributed by atoms with van der Waals surface area (Å²) >= 11 is 0. The van der Waals surface area contributed by atoms with Gasteiger partial charge in [0.05, 0.1) is 11.6 Å². The Kier molecular flexibility index (Phi) is 8.99. The summed E-state index contributed by atoms with van der Waals surface area (Å²) in [5.74, 6) is 1.60. The van der Waals surface area contributed by atoms with Crippen LogP contribution >= 0.6 is 0 Å². The van der Waals surface area contributed by atoms with Crippen molar-refractivity contribution in [3.05, 3.63) is 29.8 Å². The summed E-state index contributed by atoms with van der Waals surface area (Å²) in [5.41, 5.74) is 0.595. The average molecular weight is 403 g/mol. The fourth-order valence-electron chi connectivity index (χ4n) is 3.88. The van der Waals surface area contributed by atoms with E-state index in [2.05, 4.69) is 27.7 Å². The van der Waals surface area contributed by atoms with Crippen molar-refractivity contribution in [3.63, 3.8) is 0 Å². The SMILES string of the molecule is CC(C)CC(=O)N1CCCCCN(C)C(=O)c2ccccc2OC[C@@H]1CC(C)C. The van der Waals surface area contributed by atoms with Crippen LogP contribution in [-0.2, 0) is 4.79 Å². The summed E-state index contributed by atoms with van der Waals surface area (Å²) in [6.45, 7) is 10.4. The van der Waals surface area contributed by atoms with Crippen molar-refractivity contribution < 1.29 is 14.3 Å². The van der Waals surface area contributed by atoms with Gasteiger partial charge in [0, 0.05) is 26.6 Å². The van der Waals surface area contributed by atoms with Crippen LogP contribution in [0.5, 0.6) is 5.75 Å². The molecule has 1 heterocycles. The van der Waals surface area contributed by atoms with Crippen molar-refractivity contribution in [2.75, 3.05) is 26.7 Å². The molecule has 5 nitrogen and oxygen atoms in total. The molecule has 0 saturated carbocycles. The first kappa shape index (κ1) is 23.2. The molecule has 0 aliphatic carbocycles. The lowest BCUT2D eigenvalue weighted by atomic mass is 10.0. The second-order valence-corrected chi connectivity index (χ2v) is 9.06. The molecule has 1 atom stereocenters. The van der Waals surface area contributed by atoms with Crippen molar-refractivity contribution >= 4 is 11.8 Å². The Hall–Kier alpha value is -2.04. The molecule has 5 heteroatoms. The van der Waals surface area contributed by atoms with E-state index in [1.807, 2.05) is 36.2 Å². The zero-order chi connectivity index (χ0) is 21.4. The van der Waals surface area contributed by atoms with E-state index >= 15 is 0 Å². The molecule has 162 valence electrons. The molecule has 1 aromatic rings. The molecule has 0 aromatic heterocycles. The summed E-state index contributed by atoms with van der Waals surface area (Å²) in [6, 6.07) is 7.46. The Morgan fingerprint density at radius 2 is 1.76 bits per heavy atom. The third-order valence-corrected chi connectivity index (χ3v) is 5.38. The number of benzene rings is 1. The average Bonchev–Trinajstić information content (AvgIpc) is 2.67. The Morgan fingerprint density at radius 3 is 2.45 bits per heavy atom. The molecule has 1 aromatic carbocycles. The van der Waals surface area contributed by atoms with Gasteiger partial charge in [0.15, 0.2) is 0 Å². The van der Waals surface area contributed by atoms with Gasteiger partial charge in [-0.1, -0.05) is 39.8 Å². The minimum absolute atomic E-state index is 0.00648. The monoisotopic (exact) mass is 402 g/mol. The highest BCUT2D eigenvalue weighted by Gasteiger charge is 2.27. The number of para-hydroxylation sites is 1. The van der Waals surface area contributed by atoms with Gasteiger partial charge in [-0.05, 0) is 49.7 Å². The van der Waals surface area contributed by atoms with E-state index in [9.17, 15) is 9.59 Å². The fourth-order valence-corrected chi connectivity index (χ4v) is 3.88. The van der Waals surface area contributed by atoms with Crippen molar-refractivity contribution in [1.82, 2.24) is 9.80 Å². The maximum atomic E-state index is 13.0. The predicted octanol–water partition coefficient (Wildman–Crippen LogP) is 4.61. The Bertz CT molecular complexity index is 672. The van der Waals surface area contributed by atoms with Gasteiger partial charge in [0.1, 0.15) is 12.4 Å². The summed E-state index contributed by atoms with van der Waals surface area (Å²) < 4.78 is 6.18. The van der Waals surface area contributed by atoms with Gasteiger partial charge in [0.25, 0.3) is 5.91 Å². The molecule has 0 unspecified atom stereocenters. The van der Waals surface area contributed by atoms with Crippen LogP contribution in [0.2, 0.25) is 0 Å². The van der Waals surface area contributed by atoms with Crippen LogP contribution in [0.25, 0.3) is 0 Å². The number of ether oxygens (including phenoxy) is 1. The Labute approximate surface area is 176 Å². The van der Waals surface area contributed by atoms with Crippen molar-refractivity contribution in [1.29, 1.82) is 0 Å². The van der Waals surface area contributed by atoms with E-state index in [0.29, 0.717) is 42.7 Å². The lowest BCUT2D eigenvalue weighted by molar-refractivity contribution is -0.135. The molecule has 0 spiro atoms. The maximum Gasteiger partial charge on any atom is 0.257 e. The van der Waals surface area contributed by atoms with E-state index < -0.39 is 0 Å². The first-order chi connectivity index (χ1) is 13.8. The van der Waals surface area contributed by atoms with Crippen molar-refractivity contribution in [3.8, 4) is 5.75 Å². The standard InChI is InChI=1S/C24H38N2O3/c1-18(2)15-20-17-29-22-12-8-7-11-21(22)24(28)25(5)13-9-6-10-14-26(20)23(27)16-19(3)4/h7-8,11-12,18-20H,6,9-10,13-17H2,1-5H3/t20-/m0/s1. The normalized spacial score (nSPS) is 19.3. The van der Waals surface area contributed by atoms with Crippen LogP contribution in [0.4, 0.5) is 0 Å². The number of hydrogen-bond donors (Lipinski definition) is 0. The molecule has 29 heavy (non-hydrogen) atoms. The maximum absolute atomic E-state index is 13.0. The lowest BCUT2D eigenvalue weighted by Crippen LogP contribution is -2.45. The first-order valence-electron chi connectivity index (χ1n) is 11.1. The number of fused-ring (bicyclic) bond motifs is 1. The Balaban J connectivity index is 2.32. The quantitative estimate of drug-likeness (QED) is 0.739. The third-order valence-electron chi connectivity index (χ3n) is 5.38. The number of rotatable bonds is 4. The first-order valence-corrected chi connectivity index (χ1v) is 11.1. The van der Waals surface area contributed by atoms with E-state index in [1.54, 1.807) is 4.90 Å². The molecular formula is C24H38N2O3. The molecule has 0 bridgehead atoms. The van der Waals surface area contributed by atoms with Gasteiger partial charge >= 0.3 is 0 Å². The molecule has 1 aliphatic heterocycles. The minimum atomic E-state index is -0.00648. The van der Waals surface area contributed by atoms with Gasteiger partial charge in [-0.15, -0.1) is 0 Å². The highest BCUT2D eigenvalue weighted by Crippen LogP contribution is 2.23. The fraction of sp³-hybridized carbons (Fsp3) is 0.667. The zero-order valence-electron chi connectivity index (χ0n) is 18.8. The number of carbonyl (C=O) groups is 2. The van der Waals surface area contributed by atoms with Gasteiger partial charge in [-0.3, -0.25) is 9.59 Å². The molecule has 1 aliphatic rings. The van der Waals surface area contributed by atoms with Crippen LogP contribution in [0, 0.1) is 11.8 Å². The van der Waals surface area contributed by atoms with E-state index in [4.69, 9.17) is 4.74 Å². The van der Waals surface area contributed by atoms with Crippen molar-refractivity contribution in [2.24, 2.45) is 11.8 Å². The number of hydrogen-bond acceptors (Lipinski definition) is 3. The van der Waals surface area contributed by atoms with E-state index in [0.717, 1.165) is 32.2 Å². The van der Waals surface area contributed by atoms with Crippen LogP contribution in [0.1, 0.15) is 70.2 Å². The smallest absolute Gasteiger partial charge is 0.257 e. The third kappa shape index (κ3) is 7.06. The topological polar surface area (TPSA) is 49.9 Å². The van der Waals surface area contributed by atoms with Gasteiger partial charge in [-0.25, -0.2) is 0 Å². The lowest BCUT2D eigenvalue weighted by Gasteiger charge is -2.33. The van der Waals surface area contributed by atoms with E-state index in [-0.39, 0.29) is 17.9 Å². The van der Waals surface area contributed by atoms with Gasteiger partial charge in [-0.2, -0.15) is 0 Å². The van der Waals surface area contributed by atoms with Crippen LogP contribution in [0.15, 0.2) is 24.3 Å². The summed E-state index contributed by atoms with van der Waals surface area (Å²) in [6.07, 6.45) is 4.34. The van der Waals surface area contributed by atoms with Crippen molar-refractivity contribution in [2.45, 2.75) is 65.8 Å². The summed E-state index contributed by atoms with van der Waals surface area (Å²) in [4.78, 5) is 29.7. The summed E-state index contributed by atoms with van der Waals surface area (Å²) in [5, 5.41) is 0. The van der Waals surface area contributed by atoms with Gasteiger partial charge < -0.3 is 14.5 Å². The number of carbonyl (C=O) groups excluding carboxylic acids is 2. The predicted molar refractivity (Wildman–Crippen MR) is 117 cm³/mol. The van der Waals surface area contributed by atoms with Crippen LogP contribution < -0.4 is 4.74 Å². The molecule has 0 N–H and O–H groups in total. The number of nitrogens with zero attached hydrogens (tertiary/aromatic N) is 2. The van der Waals surface area contributed by atoms with Crippen LogP contribution in [-0.4, -0.2) is 54.4 Å². The molecular weight excluding hydrogens is 364 g/mol. The second-order valence-electron chi connectivity index (χ2n) is 9.06. The Morgan fingerprint density at radius 1 is 1.07 bits per heavy atom. The summed E-state index contributed by atoms with van der Waals surface area (Å²) in [7, 11) is 1.85. The molecule has 2 rings (SSSR count). The molecule has 0 fully saturated rings. The van der Waals surface area contributed by atoms with E-state index in [1.165, 1.54) is 0 Å². The van der Waals surface area contributed by atoms with Crippen LogP contribution in [0.3, 0.4) is 0 Å². The number of amides is 2. The largest absolute Gasteiger partial charge is 0.491 e. The molecule has 0 saturated heterocycles. The minimum Gasteiger partial charge on any atom is -0.491 e. The highest BCUT2D eigenvalue weighted by atomic mass is 16.5. The molecule has 0 radical (unpaired) electrons. The van der Waals surface area contributed by atoms with Gasteiger partial charge in [0.2, 0.25) is 5.91 Å². The molecule has 2 amide bonds.